The number of esters is 1. The van der Waals surface area contributed by atoms with Crippen LogP contribution in [-0.2, 0) is 9.53 Å². The number of allylic oxidation sites excluding steroid dienone is 1. The molecule has 36 heavy (non-hydrogen) atoms. The lowest BCUT2D eigenvalue weighted by atomic mass is 9.96. The standard InChI is InChI=1S/C26H25N3O6S/c1-5-34-20-12-8-18(9-13-20)23-22(25(31)35-15(2)3)16(4)27-26-28(23)24(30)21(36-26)14-17-6-10-19(11-7-17)29(32)33/h6-15,23H,5H2,1-4H3/b21-14+/t23-/m1/s1. The lowest BCUT2D eigenvalue weighted by Crippen LogP contribution is -2.40. The van der Waals surface area contributed by atoms with E-state index in [9.17, 15) is 19.7 Å². The number of hydrogen-bond donors (Lipinski definition) is 0. The monoisotopic (exact) mass is 507 g/mol. The van der Waals surface area contributed by atoms with Crippen LogP contribution in [0, 0.1) is 10.1 Å². The van der Waals surface area contributed by atoms with E-state index in [4.69, 9.17) is 9.47 Å². The zero-order valence-corrected chi connectivity index (χ0v) is 21.1. The van der Waals surface area contributed by atoms with E-state index in [-0.39, 0.29) is 17.4 Å². The number of ether oxygens (including phenoxy) is 2. The number of thiazole rings is 1. The van der Waals surface area contributed by atoms with Crippen LogP contribution in [0.25, 0.3) is 6.08 Å². The third-order valence-electron chi connectivity index (χ3n) is 5.49. The number of non-ortho nitro benzene ring substituents is 1. The molecule has 0 unspecified atom stereocenters. The number of nitro groups is 1. The van der Waals surface area contributed by atoms with Gasteiger partial charge in [0.2, 0.25) is 0 Å². The van der Waals surface area contributed by atoms with Crippen LogP contribution >= 0.6 is 11.3 Å². The molecule has 0 spiro atoms. The zero-order valence-electron chi connectivity index (χ0n) is 20.3. The molecular formula is C26H25N3O6S. The smallest absolute Gasteiger partial charge is 0.338 e. The minimum absolute atomic E-state index is 0.0342. The summed E-state index contributed by atoms with van der Waals surface area (Å²) in [6.07, 6.45) is 1.32. The van der Waals surface area contributed by atoms with Gasteiger partial charge in [-0.3, -0.25) is 19.5 Å². The van der Waals surface area contributed by atoms with Crippen LogP contribution in [0.4, 0.5) is 5.69 Å². The number of fused-ring (bicyclic) bond motifs is 1. The predicted octanol–water partition coefficient (Wildman–Crippen LogP) is 3.49. The Balaban J connectivity index is 1.88. The van der Waals surface area contributed by atoms with Crippen LogP contribution in [0.1, 0.15) is 44.9 Å². The van der Waals surface area contributed by atoms with Gasteiger partial charge in [-0.25, -0.2) is 9.79 Å². The fraction of sp³-hybridized carbons (Fsp3) is 0.269. The van der Waals surface area contributed by atoms with Crippen molar-refractivity contribution >= 4 is 29.1 Å². The van der Waals surface area contributed by atoms with E-state index in [1.807, 2.05) is 19.1 Å². The van der Waals surface area contributed by atoms with E-state index >= 15 is 0 Å². The van der Waals surface area contributed by atoms with Gasteiger partial charge in [-0.15, -0.1) is 0 Å². The Morgan fingerprint density at radius 1 is 1.19 bits per heavy atom. The maximum Gasteiger partial charge on any atom is 0.338 e. The molecule has 0 N–H and O–H groups in total. The van der Waals surface area contributed by atoms with Gasteiger partial charge in [0, 0.05) is 12.1 Å². The average molecular weight is 508 g/mol. The lowest BCUT2D eigenvalue weighted by Gasteiger charge is -2.25. The second kappa shape index (κ2) is 10.3. The predicted molar refractivity (Wildman–Crippen MR) is 136 cm³/mol. The van der Waals surface area contributed by atoms with Crippen LogP contribution in [0.15, 0.2) is 69.6 Å². The van der Waals surface area contributed by atoms with Gasteiger partial charge in [-0.05, 0) is 69.2 Å². The van der Waals surface area contributed by atoms with Crippen molar-refractivity contribution < 1.29 is 19.2 Å². The van der Waals surface area contributed by atoms with E-state index in [1.54, 1.807) is 51.1 Å². The van der Waals surface area contributed by atoms with Crippen molar-refractivity contribution in [3.63, 3.8) is 0 Å². The number of hydrogen-bond acceptors (Lipinski definition) is 8. The summed E-state index contributed by atoms with van der Waals surface area (Å²) in [4.78, 5) is 42.2. The number of nitrogens with zero attached hydrogens (tertiary/aromatic N) is 3. The van der Waals surface area contributed by atoms with Crippen LogP contribution in [0.3, 0.4) is 0 Å². The molecule has 1 aliphatic rings. The topological polar surface area (TPSA) is 113 Å². The number of carbonyl (C=O) groups is 1. The van der Waals surface area contributed by atoms with Gasteiger partial charge >= 0.3 is 5.97 Å². The van der Waals surface area contributed by atoms with Gasteiger partial charge in [0.15, 0.2) is 4.80 Å². The van der Waals surface area contributed by atoms with Crippen molar-refractivity contribution in [3.8, 4) is 5.75 Å². The van der Waals surface area contributed by atoms with Gasteiger partial charge in [-0.2, -0.15) is 0 Å². The van der Waals surface area contributed by atoms with Gasteiger partial charge in [0.05, 0.1) is 39.5 Å². The largest absolute Gasteiger partial charge is 0.494 e. The maximum absolute atomic E-state index is 13.6. The molecule has 0 radical (unpaired) electrons. The highest BCUT2D eigenvalue weighted by molar-refractivity contribution is 7.07. The van der Waals surface area contributed by atoms with Gasteiger partial charge in [0.25, 0.3) is 11.2 Å². The molecular weight excluding hydrogens is 482 g/mol. The summed E-state index contributed by atoms with van der Waals surface area (Å²) < 4.78 is 12.9. The van der Waals surface area contributed by atoms with Crippen molar-refractivity contribution in [2.45, 2.75) is 39.8 Å². The lowest BCUT2D eigenvalue weighted by molar-refractivity contribution is -0.384. The number of carbonyl (C=O) groups excluding carboxylic acids is 1. The van der Waals surface area contributed by atoms with Crippen LogP contribution in [-0.4, -0.2) is 28.2 Å². The average Bonchev–Trinajstić information content (AvgIpc) is 3.13. The molecule has 1 aliphatic heterocycles. The fourth-order valence-corrected chi connectivity index (χ4v) is 4.98. The molecule has 0 saturated heterocycles. The Kier molecular flexibility index (Phi) is 7.16. The summed E-state index contributed by atoms with van der Waals surface area (Å²) >= 11 is 1.19. The molecule has 3 aromatic rings. The third-order valence-corrected chi connectivity index (χ3v) is 6.48. The highest BCUT2D eigenvalue weighted by Gasteiger charge is 2.33. The highest BCUT2D eigenvalue weighted by Crippen LogP contribution is 2.32. The Hall–Kier alpha value is -4.05. The highest BCUT2D eigenvalue weighted by atomic mass is 32.1. The summed E-state index contributed by atoms with van der Waals surface area (Å²) in [5.74, 6) is 0.147. The van der Waals surface area contributed by atoms with Crippen molar-refractivity contribution in [2.75, 3.05) is 6.61 Å². The molecule has 1 atom stereocenters. The minimum Gasteiger partial charge on any atom is -0.494 e. The molecule has 4 rings (SSSR count). The Labute approximate surface area is 210 Å². The Morgan fingerprint density at radius 3 is 2.44 bits per heavy atom. The molecule has 9 nitrogen and oxygen atoms in total. The second-order valence-electron chi connectivity index (χ2n) is 8.39. The first-order chi connectivity index (χ1) is 17.2. The summed E-state index contributed by atoms with van der Waals surface area (Å²) in [7, 11) is 0. The Bertz CT molecular complexity index is 1520. The van der Waals surface area contributed by atoms with Crippen molar-refractivity contribution in [3.05, 3.63) is 101 Å². The summed E-state index contributed by atoms with van der Waals surface area (Å²) in [5, 5.41) is 11.0. The molecule has 0 fully saturated rings. The molecule has 0 bridgehead atoms. The molecule has 2 heterocycles. The number of aromatic nitrogens is 1. The summed E-state index contributed by atoms with van der Waals surface area (Å²) in [6.45, 7) is 7.66. The van der Waals surface area contributed by atoms with Gasteiger partial charge in [0.1, 0.15) is 5.75 Å². The first-order valence-electron chi connectivity index (χ1n) is 11.4. The zero-order chi connectivity index (χ0) is 26.0. The molecule has 186 valence electrons. The normalized spacial score (nSPS) is 15.5. The first-order valence-corrected chi connectivity index (χ1v) is 12.2. The van der Waals surface area contributed by atoms with E-state index in [0.29, 0.717) is 44.1 Å². The molecule has 0 amide bonds. The van der Waals surface area contributed by atoms with Gasteiger partial charge < -0.3 is 9.47 Å². The second-order valence-corrected chi connectivity index (χ2v) is 9.40. The number of rotatable bonds is 7. The van der Waals surface area contributed by atoms with Crippen LogP contribution in [0.5, 0.6) is 5.75 Å². The number of benzene rings is 2. The molecule has 0 aliphatic carbocycles. The van der Waals surface area contributed by atoms with E-state index in [1.165, 1.54) is 28.0 Å². The van der Waals surface area contributed by atoms with Crippen molar-refractivity contribution in [2.24, 2.45) is 4.99 Å². The van der Waals surface area contributed by atoms with E-state index in [2.05, 4.69) is 4.99 Å². The van der Waals surface area contributed by atoms with E-state index in [0.717, 1.165) is 0 Å². The minimum atomic E-state index is -0.734. The van der Waals surface area contributed by atoms with E-state index < -0.39 is 16.9 Å². The van der Waals surface area contributed by atoms with Crippen molar-refractivity contribution in [1.29, 1.82) is 0 Å². The summed E-state index contributed by atoms with van der Waals surface area (Å²) in [6, 6.07) is 12.4. The summed E-state index contributed by atoms with van der Waals surface area (Å²) in [5.41, 5.74) is 1.77. The quantitative estimate of drug-likeness (QED) is 0.275. The SMILES string of the molecule is CCOc1ccc([C@@H]2C(C(=O)OC(C)C)=C(C)N=c3s/c(=C/c4ccc([N+](=O)[O-])cc4)c(=O)n32)cc1. The van der Waals surface area contributed by atoms with Crippen LogP contribution in [0.2, 0.25) is 0 Å². The van der Waals surface area contributed by atoms with Crippen LogP contribution < -0.4 is 19.6 Å². The molecule has 0 saturated carbocycles. The maximum atomic E-state index is 13.6. The molecule has 2 aromatic carbocycles. The fourth-order valence-electron chi connectivity index (χ4n) is 3.93. The van der Waals surface area contributed by atoms with Gasteiger partial charge in [-0.1, -0.05) is 23.5 Å². The molecule has 1 aromatic heterocycles. The molecule has 10 heteroatoms. The number of nitro benzene ring substituents is 1. The third kappa shape index (κ3) is 4.99. The first kappa shape index (κ1) is 25.1. The Morgan fingerprint density at radius 2 is 1.86 bits per heavy atom. The van der Waals surface area contributed by atoms with Crippen molar-refractivity contribution in [1.82, 2.24) is 4.57 Å².